The summed E-state index contributed by atoms with van der Waals surface area (Å²) in [5.41, 5.74) is 10.9. The van der Waals surface area contributed by atoms with Gasteiger partial charge in [0, 0.05) is 17.7 Å². The Labute approximate surface area is 80.6 Å². The molecule has 1 aromatic rings. The van der Waals surface area contributed by atoms with Crippen molar-refractivity contribution in [2.45, 2.75) is 12.5 Å². The van der Waals surface area contributed by atoms with E-state index in [1.54, 1.807) is 0 Å². The largest absolute Gasteiger partial charge is 0.505 e. The van der Waals surface area contributed by atoms with Crippen LogP contribution in [-0.4, -0.2) is 5.11 Å². The molecule has 0 heterocycles. The summed E-state index contributed by atoms with van der Waals surface area (Å²) in [7, 11) is 0. The van der Waals surface area contributed by atoms with Gasteiger partial charge in [0.2, 0.25) is 0 Å². The molecule has 0 aromatic heterocycles. The summed E-state index contributed by atoms with van der Waals surface area (Å²) in [6.07, 6.45) is -0.00352. The van der Waals surface area contributed by atoms with Gasteiger partial charge in [0.15, 0.2) is 0 Å². The molecule has 0 amide bonds. The number of halogens is 1. The molecule has 1 atom stereocenters. The lowest BCUT2D eigenvalue weighted by Gasteiger charge is -2.11. The molecule has 0 unspecified atom stereocenters. The normalized spacial score (nSPS) is 12.1. The number of rotatable bonds is 2. The molecule has 1 rings (SSSR count). The van der Waals surface area contributed by atoms with E-state index in [0.29, 0.717) is 0 Å². The summed E-state index contributed by atoms with van der Waals surface area (Å²) in [5.74, 6) is -0.835. The van der Waals surface area contributed by atoms with Gasteiger partial charge < -0.3 is 16.6 Å². The Morgan fingerprint density at radius 2 is 2.21 bits per heavy atom. The fourth-order valence-corrected chi connectivity index (χ4v) is 1.13. The zero-order valence-corrected chi connectivity index (χ0v) is 7.37. The zero-order valence-electron chi connectivity index (χ0n) is 7.37. The van der Waals surface area contributed by atoms with E-state index in [1.165, 1.54) is 0 Å². The van der Waals surface area contributed by atoms with Crippen molar-refractivity contribution in [3.8, 4) is 11.8 Å². The number of anilines is 1. The topological polar surface area (TPSA) is 96.1 Å². The number of hydrogen-bond acceptors (Lipinski definition) is 4. The highest BCUT2D eigenvalue weighted by Crippen LogP contribution is 2.31. The summed E-state index contributed by atoms with van der Waals surface area (Å²) in [4.78, 5) is 0. The lowest BCUT2D eigenvalue weighted by Crippen LogP contribution is -2.10. The lowest BCUT2D eigenvalue weighted by molar-refractivity contribution is 0.462. The average Bonchev–Trinajstić information content (AvgIpc) is 2.11. The molecular weight excluding hydrogens is 185 g/mol. The van der Waals surface area contributed by atoms with Gasteiger partial charge in [-0.2, -0.15) is 5.26 Å². The highest BCUT2D eigenvalue weighted by atomic mass is 19.1. The summed E-state index contributed by atoms with van der Waals surface area (Å²) >= 11 is 0. The van der Waals surface area contributed by atoms with Gasteiger partial charge in [-0.15, -0.1) is 0 Å². The van der Waals surface area contributed by atoms with Crippen LogP contribution in [0.2, 0.25) is 0 Å². The van der Waals surface area contributed by atoms with E-state index in [4.69, 9.17) is 16.7 Å². The van der Waals surface area contributed by atoms with Crippen LogP contribution in [0.15, 0.2) is 12.1 Å². The lowest BCUT2D eigenvalue weighted by atomic mass is 10.0. The number of nitrogen functional groups attached to an aromatic ring is 1. The second-order valence-corrected chi connectivity index (χ2v) is 2.90. The molecule has 0 spiro atoms. The molecule has 0 fully saturated rings. The fourth-order valence-electron chi connectivity index (χ4n) is 1.13. The van der Waals surface area contributed by atoms with Crippen molar-refractivity contribution in [3.05, 3.63) is 23.5 Å². The predicted octanol–water partition coefficient (Wildman–Crippen LogP) is 1.03. The van der Waals surface area contributed by atoms with Crippen LogP contribution >= 0.6 is 0 Å². The quantitative estimate of drug-likeness (QED) is 0.485. The second kappa shape index (κ2) is 3.94. The maximum Gasteiger partial charge on any atom is 0.143 e. The summed E-state index contributed by atoms with van der Waals surface area (Å²) in [5, 5.41) is 17.8. The van der Waals surface area contributed by atoms with Gasteiger partial charge in [0.25, 0.3) is 0 Å². The molecule has 0 aliphatic heterocycles. The number of phenols is 1. The second-order valence-electron chi connectivity index (χ2n) is 2.90. The van der Waals surface area contributed by atoms with Crippen molar-refractivity contribution in [2.24, 2.45) is 5.73 Å². The van der Waals surface area contributed by atoms with Crippen LogP contribution < -0.4 is 11.5 Å². The summed E-state index contributed by atoms with van der Waals surface area (Å²) in [6.45, 7) is 0. The number of benzene rings is 1. The smallest absolute Gasteiger partial charge is 0.143 e. The molecule has 0 aliphatic rings. The number of hydrogen-bond donors (Lipinski definition) is 3. The van der Waals surface area contributed by atoms with Gasteiger partial charge in [-0.1, -0.05) is 0 Å². The van der Waals surface area contributed by atoms with E-state index in [1.807, 2.05) is 6.07 Å². The number of phenolic OH excluding ortho intramolecular Hbond substituents is 1. The van der Waals surface area contributed by atoms with Gasteiger partial charge in [0.05, 0.1) is 18.2 Å². The Bertz CT molecular complexity index is 386. The van der Waals surface area contributed by atoms with Crippen LogP contribution in [0.3, 0.4) is 0 Å². The van der Waals surface area contributed by atoms with Crippen LogP contribution in [0.5, 0.6) is 5.75 Å². The Balaban J connectivity index is 3.14. The van der Waals surface area contributed by atoms with Gasteiger partial charge in [-0.25, -0.2) is 4.39 Å². The predicted molar refractivity (Wildman–Crippen MR) is 49.6 cm³/mol. The molecule has 14 heavy (non-hydrogen) atoms. The van der Waals surface area contributed by atoms with Crippen molar-refractivity contribution < 1.29 is 9.50 Å². The molecule has 0 radical (unpaired) electrons. The minimum absolute atomic E-state index is 0.00352. The van der Waals surface area contributed by atoms with Crippen molar-refractivity contribution >= 4 is 5.69 Å². The number of nitriles is 1. The van der Waals surface area contributed by atoms with Crippen LogP contribution in [0.1, 0.15) is 18.0 Å². The molecule has 0 saturated carbocycles. The van der Waals surface area contributed by atoms with Gasteiger partial charge in [-0.3, -0.25) is 0 Å². The minimum Gasteiger partial charge on any atom is -0.505 e. The third kappa shape index (κ3) is 1.92. The van der Waals surface area contributed by atoms with Crippen LogP contribution in [0.4, 0.5) is 10.1 Å². The molecule has 0 aliphatic carbocycles. The first-order chi connectivity index (χ1) is 6.56. The molecule has 5 heteroatoms. The molecule has 1 aromatic carbocycles. The summed E-state index contributed by atoms with van der Waals surface area (Å²) < 4.78 is 12.9. The third-order valence-electron chi connectivity index (χ3n) is 1.84. The van der Waals surface area contributed by atoms with Crippen LogP contribution in [0, 0.1) is 17.1 Å². The van der Waals surface area contributed by atoms with E-state index in [0.717, 1.165) is 12.1 Å². The van der Waals surface area contributed by atoms with E-state index < -0.39 is 11.9 Å². The Morgan fingerprint density at radius 3 is 2.79 bits per heavy atom. The van der Waals surface area contributed by atoms with E-state index >= 15 is 0 Å². The van der Waals surface area contributed by atoms with Gasteiger partial charge in [-0.05, 0) is 6.07 Å². The highest BCUT2D eigenvalue weighted by Gasteiger charge is 2.14. The Morgan fingerprint density at radius 1 is 1.57 bits per heavy atom. The molecule has 5 N–H and O–H groups in total. The Hall–Kier alpha value is -1.80. The molecular formula is C9H10FN3O. The molecule has 4 nitrogen and oxygen atoms in total. The van der Waals surface area contributed by atoms with Crippen LogP contribution in [-0.2, 0) is 0 Å². The maximum atomic E-state index is 12.9. The zero-order chi connectivity index (χ0) is 10.7. The highest BCUT2D eigenvalue weighted by molar-refractivity contribution is 5.57. The van der Waals surface area contributed by atoms with Crippen molar-refractivity contribution in [3.63, 3.8) is 0 Å². The van der Waals surface area contributed by atoms with E-state index in [9.17, 15) is 9.50 Å². The first-order valence-electron chi connectivity index (χ1n) is 3.96. The maximum absolute atomic E-state index is 12.9. The van der Waals surface area contributed by atoms with Crippen molar-refractivity contribution in [2.75, 3.05) is 5.73 Å². The number of aromatic hydroxyl groups is 1. The first kappa shape index (κ1) is 10.3. The van der Waals surface area contributed by atoms with E-state index in [2.05, 4.69) is 0 Å². The molecule has 74 valence electrons. The minimum atomic E-state index is -0.724. The summed E-state index contributed by atoms with van der Waals surface area (Å²) in [6, 6.07) is 3.18. The van der Waals surface area contributed by atoms with Gasteiger partial charge >= 0.3 is 0 Å². The number of nitrogens with two attached hydrogens (primary N) is 2. The number of nitrogens with zero attached hydrogens (tertiary/aromatic N) is 1. The molecule has 0 bridgehead atoms. The van der Waals surface area contributed by atoms with Crippen molar-refractivity contribution in [1.29, 1.82) is 5.26 Å². The standard InChI is InChI=1S/C9H10FN3O/c10-5-3-6(7(12)1-2-11)9(14)8(13)4-5/h3-4,7,14H,1,12-13H2/t7-/m1/s1. The van der Waals surface area contributed by atoms with Gasteiger partial charge in [0.1, 0.15) is 11.6 Å². The molecule has 0 saturated heterocycles. The van der Waals surface area contributed by atoms with E-state index in [-0.39, 0.29) is 23.4 Å². The third-order valence-corrected chi connectivity index (χ3v) is 1.84. The Kier molecular flexibility index (Phi) is 2.89. The average molecular weight is 195 g/mol. The fraction of sp³-hybridized carbons (Fsp3) is 0.222. The SMILES string of the molecule is N#CC[C@@H](N)c1cc(F)cc(N)c1O. The van der Waals surface area contributed by atoms with Crippen LogP contribution in [0.25, 0.3) is 0 Å². The van der Waals surface area contributed by atoms with Crippen molar-refractivity contribution in [1.82, 2.24) is 0 Å². The monoisotopic (exact) mass is 195 g/mol. The first-order valence-corrected chi connectivity index (χ1v) is 3.96.